The van der Waals surface area contributed by atoms with E-state index in [0.717, 1.165) is 28.4 Å². The molecular formula is C28H22ClN3O4S. The van der Waals surface area contributed by atoms with Crippen LogP contribution in [0.15, 0.2) is 89.8 Å². The van der Waals surface area contributed by atoms with Gasteiger partial charge in [-0.3, -0.25) is 20.2 Å². The lowest BCUT2D eigenvalue weighted by atomic mass is 9.75. The minimum Gasteiger partial charge on any atom is -0.378 e. The van der Waals surface area contributed by atoms with Crippen LogP contribution in [0.25, 0.3) is 10.8 Å². The van der Waals surface area contributed by atoms with Gasteiger partial charge in [-0.15, -0.1) is 23.4 Å². The van der Waals surface area contributed by atoms with Gasteiger partial charge in [0.2, 0.25) is 0 Å². The van der Waals surface area contributed by atoms with Crippen LogP contribution < -0.4 is 5.32 Å². The van der Waals surface area contributed by atoms with Gasteiger partial charge in [-0.2, -0.15) is 0 Å². The molecule has 7 nitrogen and oxygen atoms in total. The Morgan fingerprint density at radius 2 is 1.59 bits per heavy atom. The van der Waals surface area contributed by atoms with Gasteiger partial charge in [0.15, 0.2) is 0 Å². The fourth-order valence-corrected chi connectivity index (χ4v) is 7.84. The number of nitro groups is 2. The number of nitrogens with one attached hydrogen (secondary N) is 1. The monoisotopic (exact) mass is 531 g/mol. The fraction of sp³-hybridized carbons (Fsp3) is 0.214. The van der Waals surface area contributed by atoms with Crippen molar-refractivity contribution in [2.45, 2.75) is 33.9 Å². The second kappa shape index (κ2) is 9.36. The third-order valence-electron chi connectivity index (χ3n) is 7.51. The Labute approximate surface area is 222 Å². The van der Waals surface area contributed by atoms with Crippen LogP contribution in [0.1, 0.15) is 29.5 Å². The number of rotatable bonds is 5. The molecule has 186 valence electrons. The van der Waals surface area contributed by atoms with Crippen molar-refractivity contribution in [3.05, 3.63) is 116 Å². The highest BCUT2D eigenvalue weighted by molar-refractivity contribution is 8.00. The van der Waals surface area contributed by atoms with Gasteiger partial charge < -0.3 is 5.32 Å². The Hall–Kier alpha value is -3.62. The third kappa shape index (κ3) is 4.10. The maximum absolute atomic E-state index is 11.7. The minimum absolute atomic E-state index is 0.00415. The number of halogens is 1. The average molecular weight is 532 g/mol. The SMILES string of the molecule is O=[N+]([O-])c1ccc([C@@H]2Nc3ccc4ccccc4c3[C@@H]3[C@@H](Cl)[C@@H](Sc4ccccc4[N+](=O)[O-])C[C@H]32)cc1. The summed E-state index contributed by atoms with van der Waals surface area (Å²) in [5.74, 6) is 0.104. The van der Waals surface area contributed by atoms with Crippen molar-refractivity contribution in [3.8, 4) is 0 Å². The van der Waals surface area contributed by atoms with E-state index in [1.807, 2.05) is 30.3 Å². The number of thioether (sulfide) groups is 1. The predicted molar refractivity (Wildman–Crippen MR) is 147 cm³/mol. The van der Waals surface area contributed by atoms with E-state index >= 15 is 0 Å². The zero-order valence-corrected chi connectivity index (χ0v) is 21.1. The lowest BCUT2D eigenvalue weighted by Crippen LogP contribution is -2.31. The highest BCUT2D eigenvalue weighted by Gasteiger charge is 2.51. The highest BCUT2D eigenvalue weighted by Crippen LogP contribution is 2.59. The van der Waals surface area contributed by atoms with E-state index in [4.69, 9.17) is 11.6 Å². The maximum atomic E-state index is 11.7. The zero-order chi connectivity index (χ0) is 25.7. The normalized spacial score (nSPS) is 24.2. The van der Waals surface area contributed by atoms with Gasteiger partial charge in [-0.05, 0) is 46.4 Å². The summed E-state index contributed by atoms with van der Waals surface area (Å²) in [6, 6.07) is 25.8. The summed E-state index contributed by atoms with van der Waals surface area (Å²) in [5.41, 5.74) is 3.27. The molecule has 0 bridgehead atoms. The molecule has 0 radical (unpaired) electrons. The maximum Gasteiger partial charge on any atom is 0.282 e. The predicted octanol–water partition coefficient (Wildman–Crippen LogP) is 7.69. The molecule has 37 heavy (non-hydrogen) atoms. The molecule has 1 saturated carbocycles. The molecule has 5 atom stereocenters. The first kappa shape index (κ1) is 23.8. The molecule has 1 fully saturated rings. The summed E-state index contributed by atoms with van der Waals surface area (Å²) < 4.78 is 0. The van der Waals surface area contributed by atoms with E-state index in [1.54, 1.807) is 12.1 Å². The quantitative estimate of drug-likeness (QED) is 0.161. The van der Waals surface area contributed by atoms with Crippen molar-refractivity contribution >= 4 is 51.2 Å². The van der Waals surface area contributed by atoms with Crippen molar-refractivity contribution in [1.29, 1.82) is 0 Å². The van der Waals surface area contributed by atoms with Crippen molar-refractivity contribution < 1.29 is 9.85 Å². The van der Waals surface area contributed by atoms with Crippen LogP contribution in [-0.2, 0) is 0 Å². The molecule has 0 spiro atoms. The van der Waals surface area contributed by atoms with E-state index in [2.05, 4.69) is 29.6 Å². The Morgan fingerprint density at radius 1 is 0.865 bits per heavy atom. The van der Waals surface area contributed by atoms with Crippen molar-refractivity contribution in [1.82, 2.24) is 0 Å². The Morgan fingerprint density at radius 3 is 2.35 bits per heavy atom. The third-order valence-corrected chi connectivity index (χ3v) is 9.62. The van der Waals surface area contributed by atoms with Crippen LogP contribution in [0.3, 0.4) is 0 Å². The number of nitro benzene ring substituents is 2. The number of hydrogen-bond acceptors (Lipinski definition) is 6. The molecule has 1 aliphatic carbocycles. The first-order chi connectivity index (χ1) is 17.9. The second-order valence-corrected chi connectivity index (χ2v) is 11.3. The molecule has 0 aromatic heterocycles. The second-order valence-electron chi connectivity index (χ2n) is 9.47. The van der Waals surface area contributed by atoms with Gasteiger partial charge in [0.25, 0.3) is 11.4 Å². The zero-order valence-electron chi connectivity index (χ0n) is 19.5. The molecular weight excluding hydrogens is 510 g/mol. The summed E-state index contributed by atoms with van der Waals surface area (Å²) in [6.45, 7) is 0. The standard InChI is InChI=1S/C28H22ClN3O4S/c29-27-24(37-23-8-4-3-7-22(23)32(35)36)15-20-26(27)25-19-6-2-1-5-16(19)11-14-21(25)30-28(20)17-9-12-18(13-10-17)31(33)34/h1-14,20,24,26-28,30H,15H2/t20-,24+,26-,27+,28+/m1/s1. The summed E-state index contributed by atoms with van der Waals surface area (Å²) >= 11 is 8.75. The minimum atomic E-state index is -0.397. The van der Waals surface area contributed by atoms with Gasteiger partial charge >= 0.3 is 0 Å². The van der Waals surface area contributed by atoms with Crippen molar-refractivity contribution in [2.75, 3.05) is 5.32 Å². The van der Waals surface area contributed by atoms with Crippen LogP contribution in [-0.4, -0.2) is 20.5 Å². The molecule has 0 amide bonds. The molecule has 1 N–H and O–H groups in total. The smallest absolute Gasteiger partial charge is 0.282 e. The van der Waals surface area contributed by atoms with E-state index in [9.17, 15) is 20.2 Å². The first-order valence-corrected chi connectivity index (χ1v) is 13.3. The highest BCUT2D eigenvalue weighted by atomic mass is 35.5. The Kier molecular flexibility index (Phi) is 6.01. The first-order valence-electron chi connectivity index (χ1n) is 12.0. The topological polar surface area (TPSA) is 98.3 Å². The van der Waals surface area contributed by atoms with E-state index in [0.29, 0.717) is 4.90 Å². The summed E-state index contributed by atoms with van der Waals surface area (Å²) in [7, 11) is 0. The number of para-hydroxylation sites is 1. The van der Waals surface area contributed by atoms with Gasteiger partial charge in [0.05, 0.1) is 26.2 Å². The number of nitrogens with zero attached hydrogens (tertiary/aromatic N) is 2. The lowest BCUT2D eigenvalue weighted by molar-refractivity contribution is -0.387. The summed E-state index contributed by atoms with van der Waals surface area (Å²) in [5, 5.41) is 28.5. The molecule has 6 rings (SSSR count). The molecule has 9 heteroatoms. The number of hydrogen-bond donors (Lipinski definition) is 1. The lowest BCUT2D eigenvalue weighted by Gasteiger charge is -2.39. The van der Waals surface area contributed by atoms with Gasteiger partial charge in [-0.25, -0.2) is 0 Å². The number of alkyl halides is 1. The Balaban J connectivity index is 1.44. The molecule has 0 saturated heterocycles. The molecule has 1 heterocycles. The van der Waals surface area contributed by atoms with Crippen molar-refractivity contribution in [2.24, 2.45) is 5.92 Å². The van der Waals surface area contributed by atoms with Gasteiger partial charge in [0.1, 0.15) is 0 Å². The van der Waals surface area contributed by atoms with E-state index < -0.39 is 4.92 Å². The molecule has 4 aromatic carbocycles. The van der Waals surface area contributed by atoms with Crippen LogP contribution in [0.5, 0.6) is 0 Å². The van der Waals surface area contributed by atoms with Crippen LogP contribution in [0.4, 0.5) is 17.1 Å². The summed E-state index contributed by atoms with van der Waals surface area (Å²) in [4.78, 5) is 22.7. The van der Waals surface area contributed by atoms with Crippen LogP contribution in [0.2, 0.25) is 0 Å². The van der Waals surface area contributed by atoms with Crippen LogP contribution >= 0.6 is 23.4 Å². The molecule has 0 unspecified atom stereocenters. The van der Waals surface area contributed by atoms with Crippen molar-refractivity contribution in [3.63, 3.8) is 0 Å². The number of fused-ring (bicyclic) bond motifs is 5. The largest absolute Gasteiger partial charge is 0.378 e. The Bertz CT molecular complexity index is 1530. The molecule has 1 aliphatic heterocycles. The van der Waals surface area contributed by atoms with E-state index in [1.165, 1.54) is 35.5 Å². The number of anilines is 1. The van der Waals surface area contributed by atoms with E-state index in [-0.39, 0.29) is 44.8 Å². The average Bonchev–Trinajstić information content (AvgIpc) is 3.23. The van der Waals surface area contributed by atoms with Gasteiger partial charge in [-0.1, -0.05) is 54.6 Å². The summed E-state index contributed by atoms with van der Waals surface area (Å²) in [6.07, 6.45) is 0.743. The van der Waals surface area contributed by atoms with Gasteiger partial charge in [0, 0.05) is 35.1 Å². The number of benzene rings is 4. The molecule has 4 aromatic rings. The fourth-order valence-electron chi connectivity index (χ4n) is 5.90. The van der Waals surface area contributed by atoms with Crippen LogP contribution in [0, 0.1) is 26.1 Å². The molecule has 2 aliphatic rings. The number of non-ortho nitro benzene ring substituents is 1.